The lowest BCUT2D eigenvalue weighted by Crippen LogP contribution is -2.44. The first-order valence-electron chi connectivity index (χ1n) is 8.03. The number of allylic oxidation sites excluding steroid dienone is 1. The molecule has 3 rings (SSSR count). The molecule has 2 bridgehead atoms. The predicted octanol–water partition coefficient (Wildman–Crippen LogP) is 3.53. The van der Waals surface area contributed by atoms with Crippen LogP contribution in [0.4, 0.5) is 0 Å². The van der Waals surface area contributed by atoms with E-state index in [0.717, 1.165) is 23.5 Å². The molecule has 0 unspecified atom stereocenters. The lowest BCUT2D eigenvalue weighted by molar-refractivity contribution is 0.389. The Morgan fingerprint density at radius 1 is 1.26 bits per heavy atom. The summed E-state index contributed by atoms with van der Waals surface area (Å²) >= 11 is 5.43. The highest BCUT2D eigenvalue weighted by Gasteiger charge is 2.39. The molecule has 0 aromatic rings. The van der Waals surface area contributed by atoms with Gasteiger partial charge in [0.1, 0.15) is 0 Å². The van der Waals surface area contributed by atoms with E-state index in [2.05, 4.69) is 16.7 Å². The van der Waals surface area contributed by atoms with E-state index >= 15 is 0 Å². The molecule has 0 spiro atoms. The molecule has 0 saturated heterocycles. The van der Waals surface area contributed by atoms with E-state index in [1.807, 2.05) is 0 Å². The molecule has 2 saturated carbocycles. The van der Waals surface area contributed by atoms with Crippen LogP contribution in [0.15, 0.2) is 11.6 Å². The SMILES string of the molecule is S=C(NCCC1=CCCCC1)N[C@@H]1C[C@@H]2CC[C@H]1C2. The molecule has 19 heavy (non-hydrogen) atoms. The largest absolute Gasteiger partial charge is 0.362 e. The lowest BCUT2D eigenvalue weighted by Gasteiger charge is -2.24. The summed E-state index contributed by atoms with van der Waals surface area (Å²) in [4.78, 5) is 0. The van der Waals surface area contributed by atoms with E-state index in [0.29, 0.717) is 6.04 Å². The molecule has 0 amide bonds. The topological polar surface area (TPSA) is 24.1 Å². The van der Waals surface area contributed by atoms with Gasteiger partial charge < -0.3 is 10.6 Å². The van der Waals surface area contributed by atoms with Gasteiger partial charge >= 0.3 is 0 Å². The van der Waals surface area contributed by atoms with Gasteiger partial charge in [0.05, 0.1) is 0 Å². The normalized spacial score (nSPS) is 33.1. The van der Waals surface area contributed by atoms with Crippen LogP contribution >= 0.6 is 12.2 Å². The van der Waals surface area contributed by atoms with Crippen molar-refractivity contribution in [2.24, 2.45) is 11.8 Å². The van der Waals surface area contributed by atoms with Crippen molar-refractivity contribution < 1.29 is 0 Å². The second-order valence-electron chi connectivity index (χ2n) is 6.54. The Morgan fingerprint density at radius 3 is 2.89 bits per heavy atom. The van der Waals surface area contributed by atoms with Crippen LogP contribution in [0.5, 0.6) is 0 Å². The highest BCUT2D eigenvalue weighted by molar-refractivity contribution is 7.80. The van der Waals surface area contributed by atoms with Crippen molar-refractivity contribution in [3.8, 4) is 0 Å². The zero-order chi connectivity index (χ0) is 13.1. The van der Waals surface area contributed by atoms with E-state index in [1.54, 1.807) is 5.57 Å². The third-order valence-electron chi connectivity index (χ3n) is 5.17. The zero-order valence-electron chi connectivity index (χ0n) is 11.8. The Bertz CT molecular complexity index is 364. The first-order chi connectivity index (χ1) is 9.31. The first-order valence-corrected chi connectivity index (χ1v) is 8.44. The first kappa shape index (κ1) is 13.4. The molecule has 0 aromatic heterocycles. The number of rotatable bonds is 4. The lowest BCUT2D eigenvalue weighted by atomic mass is 9.95. The van der Waals surface area contributed by atoms with E-state index in [9.17, 15) is 0 Å². The van der Waals surface area contributed by atoms with Gasteiger partial charge in [-0.2, -0.15) is 0 Å². The minimum Gasteiger partial charge on any atom is -0.362 e. The Kier molecular flexibility index (Phi) is 4.42. The van der Waals surface area contributed by atoms with Crippen molar-refractivity contribution in [2.45, 2.75) is 63.8 Å². The summed E-state index contributed by atoms with van der Waals surface area (Å²) in [5, 5.41) is 7.83. The maximum Gasteiger partial charge on any atom is 0.166 e. The fourth-order valence-electron chi connectivity index (χ4n) is 4.11. The minimum atomic E-state index is 0.660. The molecule has 3 aliphatic carbocycles. The van der Waals surface area contributed by atoms with Crippen molar-refractivity contribution in [1.82, 2.24) is 10.6 Å². The number of hydrogen-bond donors (Lipinski definition) is 2. The zero-order valence-corrected chi connectivity index (χ0v) is 12.6. The highest BCUT2D eigenvalue weighted by atomic mass is 32.1. The molecule has 3 heteroatoms. The molecule has 0 aliphatic heterocycles. The monoisotopic (exact) mass is 278 g/mol. The van der Waals surface area contributed by atoms with Crippen LogP contribution in [0.2, 0.25) is 0 Å². The molecule has 0 aromatic carbocycles. The third-order valence-corrected chi connectivity index (χ3v) is 5.43. The highest BCUT2D eigenvalue weighted by Crippen LogP contribution is 2.44. The van der Waals surface area contributed by atoms with Gasteiger partial charge in [-0.25, -0.2) is 0 Å². The molecule has 3 aliphatic rings. The Morgan fingerprint density at radius 2 is 2.21 bits per heavy atom. The van der Waals surface area contributed by atoms with Gasteiger partial charge in [-0.15, -0.1) is 0 Å². The number of nitrogens with one attached hydrogen (secondary N) is 2. The summed E-state index contributed by atoms with van der Waals surface area (Å²) in [7, 11) is 0. The maximum atomic E-state index is 5.43. The second kappa shape index (κ2) is 6.25. The standard InChI is InChI=1S/C16H26N2S/c19-16(17-9-8-12-4-2-1-3-5-12)18-15-11-13-6-7-14(15)10-13/h4,13-15H,1-3,5-11H2,(H2,17,18,19)/t13-,14+,15-/m1/s1. The molecular weight excluding hydrogens is 252 g/mol. The van der Waals surface area contributed by atoms with Crippen molar-refractivity contribution >= 4 is 17.3 Å². The van der Waals surface area contributed by atoms with E-state index < -0.39 is 0 Å². The predicted molar refractivity (Wildman–Crippen MR) is 84.1 cm³/mol. The molecule has 0 radical (unpaired) electrons. The molecule has 2 fully saturated rings. The summed E-state index contributed by atoms with van der Waals surface area (Å²) in [6, 6.07) is 0.660. The molecule has 3 atom stereocenters. The van der Waals surface area contributed by atoms with Gasteiger partial charge in [-0.3, -0.25) is 0 Å². The summed E-state index contributed by atoms with van der Waals surface area (Å²) in [6.07, 6.45) is 14.6. The maximum absolute atomic E-state index is 5.43. The van der Waals surface area contributed by atoms with Crippen LogP contribution in [-0.4, -0.2) is 17.7 Å². The Labute approximate surface area is 122 Å². The van der Waals surface area contributed by atoms with Crippen molar-refractivity contribution in [3.05, 3.63) is 11.6 Å². The van der Waals surface area contributed by atoms with Crippen LogP contribution < -0.4 is 10.6 Å². The fourth-order valence-corrected chi connectivity index (χ4v) is 4.36. The summed E-state index contributed by atoms with van der Waals surface area (Å²) < 4.78 is 0. The van der Waals surface area contributed by atoms with Crippen LogP contribution in [0.3, 0.4) is 0 Å². The Hall–Kier alpha value is -0.570. The van der Waals surface area contributed by atoms with Gasteiger partial charge in [0.2, 0.25) is 0 Å². The average Bonchev–Trinajstić information content (AvgIpc) is 3.02. The number of thiocarbonyl (C=S) groups is 1. The summed E-state index contributed by atoms with van der Waals surface area (Å²) in [6.45, 7) is 0.998. The van der Waals surface area contributed by atoms with Crippen LogP contribution in [0.1, 0.15) is 57.8 Å². The van der Waals surface area contributed by atoms with E-state index in [1.165, 1.54) is 57.8 Å². The molecular formula is C16H26N2S. The van der Waals surface area contributed by atoms with Gasteiger partial charge in [-0.05, 0) is 75.4 Å². The average molecular weight is 278 g/mol. The number of hydrogen-bond acceptors (Lipinski definition) is 1. The number of fused-ring (bicyclic) bond motifs is 2. The fraction of sp³-hybridized carbons (Fsp3) is 0.812. The summed E-state index contributed by atoms with van der Waals surface area (Å²) in [5.41, 5.74) is 1.63. The molecule has 106 valence electrons. The molecule has 2 N–H and O–H groups in total. The van der Waals surface area contributed by atoms with Crippen LogP contribution in [-0.2, 0) is 0 Å². The smallest absolute Gasteiger partial charge is 0.166 e. The Balaban J connectivity index is 1.34. The van der Waals surface area contributed by atoms with Gasteiger partial charge in [0.25, 0.3) is 0 Å². The van der Waals surface area contributed by atoms with Crippen LogP contribution in [0, 0.1) is 11.8 Å². The quantitative estimate of drug-likeness (QED) is 0.608. The van der Waals surface area contributed by atoms with Crippen LogP contribution in [0.25, 0.3) is 0 Å². The molecule has 0 heterocycles. The minimum absolute atomic E-state index is 0.660. The van der Waals surface area contributed by atoms with E-state index in [4.69, 9.17) is 12.2 Å². The van der Waals surface area contributed by atoms with Crippen molar-refractivity contribution in [2.75, 3.05) is 6.54 Å². The van der Waals surface area contributed by atoms with Gasteiger partial charge in [0.15, 0.2) is 5.11 Å². The van der Waals surface area contributed by atoms with E-state index in [-0.39, 0.29) is 0 Å². The third kappa shape index (κ3) is 3.50. The van der Waals surface area contributed by atoms with Crippen molar-refractivity contribution in [1.29, 1.82) is 0 Å². The van der Waals surface area contributed by atoms with Gasteiger partial charge in [0, 0.05) is 12.6 Å². The molecule has 2 nitrogen and oxygen atoms in total. The van der Waals surface area contributed by atoms with Crippen molar-refractivity contribution in [3.63, 3.8) is 0 Å². The van der Waals surface area contributed by atoms with Gasteiger partial charge in [-0.1, -0.05) is 18.1 Å². The second-order valence-corrected chi connectivity index (χ2v) is 6.95. The summed E-state index contributed by atoms with van der Waals surface area (Å²) in [5.74, 6) is 1.88.